The quantitative estimate of drug-likeness (QED) is 0.457. The summed E-state index contributed by atoms with van der Waals surface area (Å²) in [5, 5.41) is 0. The van der Waals surface area contributed by atoms with Crippen molar-refractivity contribution in [3.63, 3.8) is 0 Å². The standard InChI is InChI=1S/C14H24NO6PS/c1-4-5-10-21-12-6-8-13(9-7-12)23(19,20)15-14(11(2)3)22(16,17)18/h6-9,11,14-15H,4-5,10H2,1-3H3,(H2,16,17,18)/t14-/m1/s1. The molecule has 1 rings (SSSR count). The number of nitrogens with one attached hydrogen (secondary N) is 1. The van der Waals surface area contributed by atoms with E-state index in [2.05, 4.69) is 4.72 Å². The van der Waals surface area contributed by atoms with Crippen molar-refractivity contribution in [3.05, 3.63) is 24.3 Å². The molecule has 0 saturated heterocycles. The molecule has 0 fully saturated rings. The highest BCUT2D eigenvalue weighted by molar-refractivity contribution is 7.89. The summed E-state index contributed by atoms with van der Waals surface area (Å²) in [7, 11) is -8.62. The Balaban J connectivity index is 2.89. The average molecular weight is 365 g/mol. The van der Waals surface area contributed by atoms with Gasteiger partial charge in [-0.1, -0.05) is 27.2 Å². The number of hydrogen-bond donors (Lipinski definition) is 3. The largest absolute Gasteiger partial charge is 0.494 e. The summed E-state index contributed by atoms with van der Waals surface area (Å²) >= 11 is 0. The summed E-state index contributed by atoms with van der Waals surface area (Å²) < 4.78 is 43.5. The number of benzene rings is 1. The third-order valence-electron chi connectivity index (χ3n) is 3.17. The fourth-order valence-corrected chi connectivity index (χ4v) is 4.83. The lowest BCUT2D eigenvalue weighted by Crippen LogP contribution is -2.38. The monoisotopic (exact) mass is 365 g/mol. The van der Waals surface area contributed by atoms with Crippen LogP contribution in [0.25, 0.3) is 0 Å². The van der Waals surface area contributed by atoms with Crippen LogP contribution < -0.4 is 9.46 Å². The van der Waals surface area contributed by atoms with E-state index in [1.807, 2.05) is 6.92 Å². The highest BCUT2D eigenvalue weighted by Crippen LogP contribution is 2.43. The van der Waals surface area contributed by atoms with Gasteiger partial charge in [-0.15, -0.1) is 0 Å². The van der Waals surface area contributed by atoms with E-state index in [-0.39, 0.29) is 4.90 Å². The Morgan fingerprint density at radius 2 is 1.78 bits per heavy atom. The van der Waals surface area contributed by atoms with Gasteiger partial charge < -0.3 is 14.5 Å². The number of hydrogen-bond acceptors (Lipinski definition) is 4. The van der Waals surface area contributed by atoms with Crippen LogP contribution in [0.4, 0.5) is 0 Å². The lowest BCUT2D eigenvalue weighted by Gasteiger charge is -2.23. The van der Waals surface area contributed by atoms with Gasteiger partial charge in [-0.2, -0.15) is 4.72 Å². The van der Waals surface area contributed by atoms with Crippen molar-refractivity contribution in [2.24, 2.45) is 5.92 Å². The zero-order valence-electron chi connectivity index (χ0n) is 13.5. The molecular weight excluding hydrogens is 341 g/mol. The molecule has 0 amide bonds. The minimum Gasteiger partial charge on any atom is -0.494 e. The van der Waals surface area contributed by atoms with Crippen molar-refractivity contribution >= 4 is 17.6 Å². The molecule has 1 aromatic carbocycles. The summed E-state index contributed by atoms with van der Waals surface area (Å²) in [6.45, 7) is 5.67. The molecule has 0 radical (unpaired) electrons. The van der Waals surface area contributed by atoms with E-state index in [1.165, 1.54) is 38.1 Å². The minimum atomic E-state index is -4.59. The number of unbranched alkanes of at least 4 members (excludes halogenated alkanes) is 1. The molecule has 0 aromatic heterocycles. The van der Waals surface area contributed by atoms with E-state index >= 15 is 0 Å². The van der Waals surface area contributed by atoms with Crippen LogP contribution >= 0.6 is 7.60 Å². The topological polar surface area (TPSA) is 113 Å². The van der Waals surface area contributed by atoms with Crippen LogP contribution in [0, 0.1) is 5.92 Å². The fraction of sp³-hybridized carbons (Fsp3) is 0.571. The van der Waals surface area contributed by atoms with Gasteiger partial charge in [-0.25, -0.2) is 8.42 Å². The molecule has 1 aromatic rings. The summed E-state index contributed by atoms with van der Waals surface area (Å²) in [5.41, 5.74) is 0. The van der Waals surface area contributed by atoms with E-state index in [0.717, 1.165) is 12.8 Å². The first kappa shape index (κ1) is 20.1. The summed E-state index contributed by atoms with van der Waals surface area (Å²) in [6, 6.07) is 5.74. The fourth-order valence-electron chi connectivity index (χ4n) is 1.87. The van der Waals surface area contributed by atoms with Gasteiger partial charge in [0.15, 0.2) is 0 Å². The van der Waals surface area contributed by atoms with E-state index < -0.39 is 29.3 Å². The number of sulfonamides is 1. The van der Waals surface area contributed by atoms with Crippen molar-refractivity contribution in [1.29, 1.82) is 0 Å². The Morgan fingerprint density at radius 3 is 2.22 bits per heavy atom. The third kappa shape index (κ3) is 6.24. The zero-order chi connectivity index (χ0) is 17.7. The molecule has 0 aliphatic heterocycles. The second-order valence-corrected chi connectivity index (χ2v) is 9.02. The van der Waals surface area contributed by atoms with Crippen LogP contribution in [-0.4, -0.2) is 30.6 Å². The maximum atomic E-state index is 12.3. The smallest absolute Gasteiger partial charge is 0.343 e. The van der Waals surface area contributed by atoms with Gasteiger partial charge in [0.25, 0.3) is 0 Å². The van der Waals surface area contributed by atoms with Crippen LogP contribution in [-0.2, 0) is 14.6 Å². The van der Waals surface area contributed by atoms with Gasteiger partial charge in [-0.3, -0.25) is 4.57 Å². The van der Waals surface area contributed by atoms with Crippen molar-refractivity contribution in [1.82, 2.24) is 4.72 Å². The van der Waals surface area contributed by atoms with Gasteiger partial charge in [-0.05, 0) is 36.6 Å². The Morgan fingerprint density at radius 1 is 1.22 bits per heavy atom. The molecule has 0 heterocycles. The van der Waals surface area contributed by atoms with Crippen molar-refractivity contribution < 1.29 is 27.5 Å². The molecule has 9 heteroatoms. The van der Waals surface area contributed by atoms with Gasteiger partial charge >= 0.3 is 7.60 Å². The third-order valence-corrected chi connectivity index (χ3v) is 6.25. The molecule has 1 atom stereocenters. The number of rotatable bonds is 9. The van der Waals surface area contributed by atoms with Crippen molar-refractivity contribution in [2.75, 3.05) is 6.61 Å². The maximum absolute atomic E-state index is 12.3. The van der Waals surface area contributed by atoms with E-state index in [9.17, 15) is 22.8 Å². The summed E-state index contributed by atoms with van der Waals surface area (Å²) in [6.07, 6.45) is 1.90. The van der Waals surface area contributed by atoms with Crippen LogP contribution in [0.1, 0.15) is 33.6 Å². The van der Waals surface area contributed by atoms with Crippen molar-refractivity contribution in [3.8, 4) is 5.75 Å². The van der Waals surface area contributed by atoms with E-state index in [0.29, 0.717) is 12.4 Å². The lowest BCUT2D eigenvalue weighted by atomic mass is 10.2. The first-order valence-corrected chi connectivity index (χ1v) is 10.5. The molecule has 0 spiro atoms. The van der Waals surface area contributed by atoms with Crippen LogP contribution in [0.15, 0.2) is 29.2 Å². The van der Waals surface area contributed by atoms with Gasteiger partial charge in [0.1, 0.15) is 11.5 Å². The SMILES string of the molecule is CCCCOc1ccc(S(=O)(=O)N[C@@H](C(C)C)P(=O)(O)O)cc1. The average Bonchev–Trinajstić information content (AvgIpc) is 2.44. The summed E-state index contributed by atoms with van der Waals surface area (Å²) in [4.78, 5) is 18.5. The summed E-state index contributed by atoms with van der Waals surface area (Å²) in [5.74, 6) is -1.47. The molecule has 0 bridgehead atoms. The molecule has 0 saturated carbocycles. The Bertz CT molecular complexity index is 638. The molecule has 23 heavy (non-hydrogen) atoms. The maximum Gasteiger partial charge on any atom is 0.343 e. The van der Waals surface area contributed by atoms with Crippen molar-refractivity contribution in [2.45, 2.75) is 44.3 Å². The predicted octanol–water partition coefficient (Wildman–Crippen LogP) is 2.30. The van der Waals surface area contributed by atoms with E-state index in [1.54, 1.807) is 0 Å². The molecule has 0 aliphatic carbocycles. The molecule has 0 unspecified atom stereocenters. The van der Waals surface area contributed by atoms with E-state index in [4.69, 9.17) is 4.74 Å². The lowest BCUT2D eigenvalue weighted by molar-refractivity contribution is 0.309. The molecular formula is C14H24NO6PS. The van der Waals surface area contributed by atoms with Gasteiger partial charge in [0, 0.05) is 0 Å². The van der Waals surface area contributed by atoms with Gasteiger partial charge in [0.2, 0.25) is 10.0 Å². The second-order valence-electron chi connectivity index (χ2n) is 5.57. The Kier molecular flexibility index (Phi) is 7.23. The Labute approximate surface area is 137 Å². The normalized spacial score (nSPS) is 14.0. The zero-order valence-corrected chi connectivity index (χ0v) is 15.2. The Hall–Kier alpha value is -0.920. The predicted molar refractivity (Wildman–Crippen MR) is 87.8 cm³/mol. The molecule has 7 nitrogen and oxygen atoms in total. The molecule has 0 aliphatic rings. The highest BCUT2D eigenvalue weighted by Gasteiger charge is 2.35. The van der Waals surface area contributed by atoms with Gasteiger partial charge in [0.05, 0.1) is 11.5 Å². The minimum absolute atomic E-state index is 0.0700. The molecule has 3 N–H and O–H groups in total. The number of ether oxygens (including phenoxy) is 1. The first-order chi connectivity index (χ1) is 10.6. The van der Waals surface area contributed by atoms with Crippen LogP contribution in [0.5, 0.6) is 5.75 Å². The van der Waals surface area contributed by atoms with Crippen LogP contribution in [0.2, 0.25) is 0 Å². The molecule has 132 valence electrons. The highest BCUT2D eigenvalue weighted by atomic mass is 32.2. The second kappa shape index (κ2) is 8.26. The van der Waals surface area contributed by atoms with Crippen LogP contribution in [0.3, 0.4) is 0 Å². The first-order valence-electron chi connectivity index (χ1n) is 7.38.